The van der Waals surface area contributed by atoms with Gasteiger partial charge in [0.25, 0.3) is 5.91 Å². The molecule has 0 saturated carbocycles. The van der Waals surface area contributed by atoms with E-state index in [0.717, 1.165) is 0 Å². The predicted octanol–water partition coefficient (Wildman–Crippen LogP) is 1.46. The second kappa shape index (κ2) is 8.19. The fraction of sp³-hybridized carbons (Fsp3) is 0.188. The molecule has 2 atom stereocenters. The number of pyridine rings is 1. The third-order valence-electron chi connectivity index (χ3n) is 3.10. The van der Waals surface area contributed by atoms with Gasteiger partial charge in [0.2, 0.25) is 0 Å². The molecule has 1 heterocycles. The molecule has 120 valence electrons. The van der Waals surface area contributed by atoms with Gasteiger partial charge in [0.1, 0.15) is 11.7 Å². The SMILES string of the molecule is O=C(N[C@@H](CC[S@](=O)c1ccccc1)C(=O)O)c1ccccn1. The minimum Gasteiger partial charge on any atom is -0.480 e. The Morgan fingerprint density at radius 2 is 1.83 bits per heavy atom. The van der Waals surface area contributed by atoms with E-state index in [1.54, 1.807) is 36.4 Å². The number of carbonyl (C=O) groups excluding carboxylic acids is 1. The number of hydrogen-bond acceptors (Lipinski definition) is 4. The molecule has 6 nitrogen and oxygen atoms in total. The zero-order valence-electron chi connectivity index (χ0n) is 12.2. The van der Waals surface area contributed by atoms with Gasteiger partial charge in [-0.1, -0.05) is 24.3 Å². The summed E-state index contributed by atoms with van der Waals surface area (Å²) in [5, 5.41) is 11.6. The standard InChI is InChI=1S/C16H16N2O4S/c19-15(13-8-4-5-10-17-13)18-14(16(20)21)9-11-23(22)12-6-2-1-3-7-12/h1-8,10,14H,9,11H2,(H,18,19)(H,20,21)/t14-,23-/m0/s1. The lowest BCUT2D eigenvalue weighted by Crippen LogP contribution is -2.41. The van der Waals surface area contributed by atoms with Crippen LogP contribution in [0.3, 0.4) is 0 Å². The highest BCUT2D eigenvalue weighted by Crippen LogP contribution is 2.08. The van der Waals surface area contributed by atoms with Crippen LogP contribution in [0.25, 0.3) is 0 Å². The molecule has 1 aromatic heterocycles. The summed E-state index contributed by atoms with van der Waals surface area (Å²) < 4.78 is 12.1. The number of hydrogen-bond donors (Lipinski definition) is 2. The summed E-state index contributed by atoms with van der Waals surface area (Å²) in [7, 11) is -1.31. The van der Waals surface area contributed by atoms with Gasteiger partial charge in [-0.2, -0.15) is 0 Å². The summed E-state index contributed by atoms with van der Waals surface area (Å²) >= 11 is 0. The van der Waals surface area contributed by atoms with Crippen molar-refractivity contribution in [3.8, 4) is 0 Å². The van der Waals surface area contributed by atoms with Crippen molar-refractivity contribution in [3.05, 3.63) is 60.4 Å². The zero-order valence-corrected chi connectivity index (χ0v) is 13.0. The van der Waals surface area contributed by atoms with Crippen LogP contribution in [0.15, 0.2) is 59.6 Å². The molecule has 0 spiro atoms. The molecule has 7 heteroatoms. The van der Waals surface area contributed by atoms with E-state index in [-0.39, 0.29) is 17.9 Å². The average molecular weight is 332 g/mol. The zero-order chi connectivity index (χ0) is 16.7. The van der Waals surface area contributed by atoms with Crippen molar-refractivity contribution in [2.24, 2.45) is 0 Å². The van der Waals surface area contributed by atoms with Crippen LogP contribution in [-0.2, 0) is 15.6 Å². The highest BCUT2D eigenvalue weighted by atomic mass is 32.2. The van der Waals surface area contributed by atoms with Crippen molar-refractivity contribution in [1.29, 1.82) is 0 Å². The highest BCUT2D eigenvalue weighted by molar-refractivity contribution is 7.85. The van der Waals surface area contributed by atoms with Gasteiger partial charge in [0, 0.05) is 16.8 Å². The Balaban J connectivity index is 1.96. The molecular formula is C16H16N2O4S. The van der Waals surface area contributed by atoms with Crippen LogP contribution >= 0.6 is 0 Å². The van der Waals surface area contributed by atoms with E-state index in [9.17, 15) is 18.9 Å². The van der Waals surface area contributed by atoms with E-state index in [4.69, 9.17) is 0 Å². The minimum absolute atomic E-state index is 0.0649. The predicted molar refractivity (Wildman–Crippen MR) is 85.5 cm³/mol. The van der Waals surface area contributed by atoms with E-state index >= 15 is 0 Å². The number of carboxylic acid groups (broad SMARTS) is 1. The molecule has 0 unspecified atom stereocenters. The van der Waals surface area contributed by atoms with Crippen molar-refractivity contribution in [2.45, 2.75) is 17.4 Å². The van der Waals surface area contributed by atoms with E-state index in [1.165, 1.54) is 12.3 Å². The summed E-state index contributed by atoms with van der Waals surface area (Å²) in [6, 6.07) is 12.5. The van der Waals surface area contributed by atoms with Crippen molar-refractivity contribution in [2.75, 3.05) is 5.75 Å². The smallest absolute Gasteiger partial charge is 0.326 e. The summed E-state index contributed by atoms with van der Waals surface area (Å²) in [6.07, 6.45) is 1.52. The molecular weight excluding hydrogens is 316 g/mol. The maximum Gasteiger partial charge on any atom is 0.326 e. The van der Waals surface area contributed by atoms with Crippen molar-refractivity contribution in [3.63, 3.8) is 0 Å². The summed E-state index contributed by atoms with van der Waals surface area (Å²) in [5.74, 6) is -1.59. The second-order valence-corrected chi connectivity index (χ2v) is 6.30. The summed E-state index contributed by atoms with van der Waals surface area (Å²) in [5.41, 5.74) is 0.142. The molecule has 2 N–H and O–H groups in total. The van der Waals surface area contributed by atoms with E-state index in [0.29, 0.717) is 4.90 Å². The van der Waals surface area contributed by atoms with Gasteiger partial charge >= 0.3 is 5.97 Å². The first-order valence-electron chi connectivity index (χ1n) is 6.96. The quantitative estimate of drug-likeness (QED) is 0.800. The maximum atomic E-state index is 12.1. The molecule has 0 aliphatic carbocycles. The Morgan fingerprint density at radius 1 is 1.13 bits per heavy atom. The van der Waals surface area contributed by atoms with Crippen molar-refractivity contribution >= 4 is 22.7 Å². The van der Waals surface area contributed by atoms with Crippen molar-refractivity contribution in [1.82, 2.24) is 10.3 Å². The van der Waals surface area contributed by atoms with Crippen LogP contribution in [0.4, 0.5) is 0 Å². The number of benzene rings is 1. The molecule has 2 rings (SSSR count). The molecule has 2 aromatic rings. The number of amides is 1. The van der Waals surface area contributed by atoms with Crippen LogP contribution in [0.2, 0.25) is 0 Å². The molecule has 23 heavy (non-hydrogen) atoms. The topological polar surface area (TPSA) is 96.4 Å². The number of carboxylic acids is 1. The van der Waals surface area contributed by atoms with Crippen LogP contribution in [-0.4, -0.2) is 38.0 Å². The Morgan fingerprint density at radius 3 is 2.43 bits per heavy atom. The van der Waals surface area contributed by atoms with Gasteiger partial charge in [-0.15, -0.1) is 0 Å². The molecule has 0 fully saturated rings. The Labute approximate surface area is 136 Å². The molecule has 1 aromatic carbocycles. The molecule has 1 amide bonds. The number of rotatable bonds is 7. The van der Waals surface area contributed by atoms with Gasteiger partial charge in [0.05, 0.1) is 10.8 Å². The first kappa shape index (κ1) is 16.8. The highest BCUT2D eigenvalue weighted by Gasteiger charge is 2.22. The molecule has 0 saturated heterocycles. The lowest BCUT2D eigenvalue weighted by atomic mass is 10.2. The number of aliphatic carboxylic acids is 1. The first-order valence-corrected chi connectivity index (χ1v) is 8.28. The number of aromatic nitrogens is 1. The third-order valence-corrected chi connectivity index (χ3v) is 4.50. The van der Waals surface area contributed by atoms with Gasteiger partial charge in [-0.3, -0.25) is 14.0 Å². The van der Waals surface area contributed by atoms with Gasteiger partial charge in [-0.05, 0) is 30.7 Å². The van der Waals surface area contributed by atoms with Crippen molar-refractivity contribution < 1.29 is 18.9 Å². The third kappa shape index (κ3) is 5.00. The second-order valence-electron chi connectivity index (χ2n) is 4.73. The monoisotopic (exact) mass is 332 g/mol. The fourth-order valence-electron chi connectivity index (χ4n) is 1.90. The Hall–Kier alpha value is -2.54. The van der Waals surface area contributed by atoms with Gasteiger partial charge in [0.15, 0.2) is 0 Å². The fourth-order valence-corrected chi connectivity index (χ4v) is 3.05. The van der Waals surface area contributed by atoms with Crippen LogP contribution in [0.5, 0.6) is 0 Å². The number of nitrogens with zero attached hydrogens (tertiary/aromatic N) is 1. The summed E-state index contributed by atoms with van der Waals surface area (Å²) in [6.45, 7) is 0. The summed E-state index contributed by atoms with van der Waals surface area (Å²) in [4.78, 5) is 27.7. The Bertz CT molecular complexity index is 692. The number of carbonyl (C=O) groups is 2. The van der Waals surface area contributed by atoms with Crippen LogP contribution in [0, 0.1) is 0 Å². The molecule has 0 bridgehead atoms. The lowest BCUT2D eigenvalue weighted by Gasteiger charge is -2.14. The minimum atomic E-state index is -1.31. The van der Waals surface area contributed by atoms with Gasteiger partial charge in [-0.25, -0.2) is 4.79 Å². The molecule has 0 aliphatic rings. The Kier molecular flexibility index (Phi) is 5.99. The van der Waals surface area contributed by atoms with Gasteiger partial charge < -0.3 is 10.4 Å². The first-order chi connectivity index (χ1) is 11.1. The number of nitrogens with one attached hydrogen (secondary N) is 1. The lowest BCUT2D eigenvalue weighted by molar-refractivity contribution is -0.139. The largest absolute Gasteiger partial charge is 0.480 e. The van der Waals surface area contributed by atoms with E-state index < -0.39 is 28.7 Å². The van der Waals surface area contributed by atoms with Crippen LogP contribution < -0.4 is 5.32 Å². The van der Waals surface area contributed by atoms with E-state index in [2.05, 4.69) is 10.3 Å². The maximum absolute atomic E-state index is 12.1. The van der Waals surface area contributed by atoms with Crippen LogP contribution in [0.1, 0.15) is 16.9 Å². The normalized spacial score (nSPS) is 13.0. The molecule has 0 radical (unpaired) electrons. The molecule has 0 aliphatic heterocycles. The van der Waals surface area contributed by atoms with E-state index in [1.807, 2.05) is 6.07 Å². The average Bonchev–Trinajstić information content (AvgIpc) is 2.59.